The molecule has 0 amide bonds. The highest BCUT2D eigenvalue weighted by atomic mass is 35.7. The lowest BCUT2D eigenvalue weighted by atomic mass is 10.7. The van der Waals surface area contributed by atoms with Crippen molar-refractivity contribution in [1.82, 2.24) is 19.6 Å². The quantitative estimate of drug-likeness (QED) is 0.632. The van der Waals surface area contributed by atoms with E-state index in [-0.39, 0.29) is 5.78 Å². The third kappa shape index (κ3) is 1.47. The van der Waals surface area contributed by atoms with Gasteiger partial charge in [-0.15, -0.1) is 5.10 Å². The molecule has 0 saturated carbocycles. The van der Waals surface area contributed by atoms with Crippen LogP contribution in [-0.4, -0.2) is 28.0 Å². The van der Waals surface area contributed by atoms with Crippen molar-refractivity contribution in [3.8, 4) is 0 Å². The molecular formula is C5H3ClN4O2S. The van der Waals surface area contributed by atoms with Crippen LogP contribution >= 0.6 is 10.7 Å². The lowest BCUT2D eigenvalue weighted by Gasteiger charge is -1.83. The van der Waals surface area contributed by atoms with E-state index in [2.05, 4.69) is 15.1 Å². The number of aromatic nitrogens is 4. The van der Waals surface area contributed by atoms with E-state index in [1.807, 2.05) is 0 Å². The number of rotatable bonds is 1. The van der Waals surface area contributed by atoms with E-state index < -0.39 is 14.2 Å². The minimum absolute atomic E-state index is 0.196. The van der Waals surface area contributed by atoms with Crippen molar-refractivity contribution in [2.45, 2.75) is 5.16 Å². The molecule has 6 nitrogen and oxygen atoms in total. The van der Waals surface area contributed by atoms with Crippen LogP contribution in [0.25, 0.3) is 5.78 Å². The Morgan fingerprint density at radius 3 is 2.85 bits per heavy atom. The summed E-state index contributed by atoms with van der Waals surface area (Å²) in [4.78, 5) is 7.39. The van der Waals surface area contributed by atoms with E-state index in [0.29, 0.717) is 0 Å². The van der Waals surface area contributed by atoms with E-state index in [1.54, 1.807) is 6.07 Å². The van der Waals surface area contributed by atoms with E-state index >= 15 is 0 Å². The summed E-state index contributed by atoms with van der Waals surface area (Å²) in [7, 11) is 1.16. The van der Waals surface area contributed by atoms with Crippen molar-refractivity contribution >= 4 is 25.5 Å². The topological polar surface area (TPSA) is 77.2 Å². The maximum atomic E-state index is 10.8. The van der Waals surface area contributed by atoms with Crippen molar-refractivity contribution in [3.63, 3.8) is 0 Å². The summed E-state index contributed by atoms with van der Waals surface area (Å²) in [6.45, 7) is 0. The summed E-state index contributed by atoms with van der Waals surface area (Å²) < 4.78 is 22.8. The van der Waals surface area contributed by atoms with Gasteiger partial charge in [0.15, 0.2) is 0 Å². The number of fused-ring (bicyclic) bond motifs is 1. The van der Waals surface area contributed by atoms with Gasteiger partial charge >= 0.3 is 0 Å². The predicted molar refractivity (Wildman–Crippen MR) is 43.8 cm³/mol. The van der Waals surface area contributed by atoms with Gasteiger partial charge in [-0.3, -0.25) is 0 Å². The molecule has 8 heteroatoms. The minimum atomic E-state index is -3.88. The Morgan fingerprint density at radius 2 is 2.23 bits per heavy atom. The highest BCUT2D eigenvalue weighted by Crippen LogP contribution is 2.09. The highest BCUT2D eigenvalue weighted by molar-refractivity contribution is 8.13. The second-order valence-electron chi connectivity index (χ2n) is 2.20. The normalized spacial score (nSPS) is 12.1. The molecule has 0 bridgehead atoms. The SMILES string of the molecule is O=S(=O)(Cl)c1nc2ncccn2n1. The van der Waals surface area contributed by atoms with Gasteiger partial charge in [-0.1, -0.05) is 0 Å². The Balaban J connectivity index is 2.77. The van der Waals surface area contributed by atoms with Crippen LogP contribution in [-0.2, 0) is 9.05 Å². The first-order valence-electron chi connectivity index (χ1n) is 3.19. The van der Waals surface area contributed by atoms with E-state index in [0.717, 1.165) is 0 Å². The zero-order chi connectivity index (χ0) is 9.47. The van der Waals surface area contributed by atoms with Gasteiger partial charge in [0.2, 0.25) is 0 Å². The molecule has 0 fully saturated rings. The van der Waals surface area contributed by atoms with Crippen molar-refractivity contribution < 1.29 is 8.42 Å². The molecule has 0 radical (unpaired) electrons. The average molecular weight is 219 g/mol. The van der Waals surface area contributed by atoms with Gasteiger partial charge in [0.05, 0.1) is 0 Å². The van der Waals surface area contributed by atoms with Crippen LogP contribution in [0, 0.1) is 0 Å². The smallest absolute Gasteiger partial charge is 0.220 e. The molecule has 0 spiro atoms. The molecule has 2 aromatic heterocycles. The van der Waals surface area contributed by atoms with E-state index in [1.165, 1.54) is 16.9 Å². The fraction of sp³-hybridized carbons (Fsp3) is 0. The second-order valence-corrected chi connectivity index (χ2v) is 4.66. The number of hydrogen-bond acceptors (Lipinski definition) is 5. The van der Waals surface area contributed by atoms with Gasteiger partial charge in [0.25, 0.3) is 20.0 Å². The fourth-order valence-corrected chi connectivity index (χ4v) is 1.39. The van der Waals surface area contributed by atoms with E-state index in [4.69, 9.17) is 10.7 Å². The Morgan fingerprint density at radius 1 is 1.46 bits per heavy atom. The highest BCUT2D eigenvalue weighted by Gasteiger charge is 2.16. The first-order valence-corrected chi connectivity index (χ1v) is 5.50. The van der Waals surface area contributed by atoms with Crippen molar-refractivity contribution in [2.24, 2.45) is 0 Å². The van der Waals surface area contributed by atoms with Gasteiger partial charge in [-0.05, 0) is 6.07 Å². The second kappa shape index (κ2) is 2.64. The van der Waals surface area contributed by atoms with Crippen molar-refractivity contribution in [1.29, 1.82) is 0 Å². The fourth-order valence-electron chi connectivity index (χ4n) is 0.817. The monoisotopic (exact) mass is 218 g/mol. The molecule has 0 aromatic carbocycles. The van der Waals surface area contributed by atoms with Crippen LogP contribution in [0.2, 0.25) is 0 Å². The molecule has 2 heterocycles. The third-order valence-electron chi connectivity index (χ3n) is 1.32. The summed E-state index contributed by atoms with van der Waals surface area (Å²) in [5, 5.41) is 3.17. The number of hydrogen-bond donors (Lipinski definition) is 0. The Bertz CT molecular complexity index is 515. The lowest BCUT2D eigenvalue weighted by molar-refractivity contribution is 0.601. The molecular weight excluding hydrogens is 216 g/mol. The van der Waals surface area contributed by atoms with E-state index in [9.17, 15) is 8.42 Å². The molecule has 68 valence electrons. The van der Waals surface area contributed by atoms with Gasteiger partial charge in [-0.2, -0.15) is 4.98 Å². The molecule has 0 aliphatic carbocycles. The van der Waals surface area contributed by atoms with Gasteiger partial charge < -0.3 is 0 Å². The summed E-state index contributed by atoms with van der Waals surface area (Å²) in [5.41, 5.74) is 0. The van der Waals surface area contributed by atoms with Crippen LogP contribution in [0.15, 0.2) is 23.6 Å². The van der Waals surface area contributed by atoms with Gasteiger partial charge in [0.1, 0.15) is 0 Å². The predicted octanol–water partition coefficient (Wildman–Crippen LogP) is 0.0518. The zero-order valence-corrected chi connectivity index (χ0v) is 7.70. The first kappa shape index (κ1) is 8.39. The molecule has 0 unspecified atom stereocenters. The number of halogens is 1. The molecule has 0 aliphatic heterocycles. The van der Waals surface area contributed by atoms with Gasteiger partial charge in [0, 0.05) is 23.1 Å². The minimum Gasteiger partial charge on any atom is -0.220 e. The van der Waals surface area contributed by atoms with Crippen LogP contribution in [0.1, 0.15) is 0 Å². The lowest BCUT2D eigenvalue weighted by Crippen LogP contribution is -1.93. The largest absolute Gasteiger partial charge is 0.298 e. The van der Waals surface area contributed by atoms with Gasteiger partial charge in [-0.25, -0.2) is 17.9 Å². The maximum Gasteiger partial charge on any atom is 0.298 e. The summed E-state index contributed by atoms with van der Waals surface area (Å²) in [6, 6.07) is 1.60. The summed E-state index contributed by atoms with van der Waals surface area (Å²) in [5.74, 6) is 0.196. The number of nitrogens with zero attached hydrogens (tertiary/aromatic N) is 4. The molecule has 0 N–H and O–H groups in total. The van der Waals surface area contributed by atoms with Crippen molar-refractivity contribution in [2.75, 3.05) is 0 Å². The first-order chi connectivity index (χ1) is 6.07. The van der Waals surface area contributed by atoms with Crippen LogP contribution in [0.3, 0.4) is 0 Å². The van der Waals surface area contributed by atoms with Crippen molar-refractivity contribution in [3.05, 3.63) is 18.5 Å². The Labute approximate surface area is 77.6 Å². The van der Waals surface area contributed by atoms with Crippen LogP contribution in [0.5, 0.6) is 0 Å². The molecule has 13 heavy (non-hydrogen) atoms. The average Bonchev–Trinajstić information content (AvgIpc) is 2.45. The Kier molecular flexibility index (Phi) is 1.70. The maximum absolute atomic E-state index is 10.8. The zero-order valence-electron chi connectivity index (χ0n) is 6.12. The molecule has 2 rings (SSSR count). The molecule has 0 saturated heterocycles. The summed E-state index contributed by atoms with van der Waals surface area (Å²) in [6.07, 6.45) is 3.01. The summed E-state index contributed by atoms with van der Waals surface area (Å²) >= 11 is 0. The molecule has 2 aromatic rings. The Hall–Kier alpha value is -1.21. The van der Waals surface area contributed by atoms with Crippen LogP contribution < -0.4 is 0 Å². The third-order valence-corrected chi connectivity index (χ3v) is 2.34. The molecule has 0 atom stereocenters. The van der Waals surface area contributed by atoms with Crippen LogP contribution in [0.4, 0.5) is 0 Å². The molecule has 0 aliphatic rings. The standard InChI is InChI=1S/C5H3ClN4O2S/c6-13(11,12)5-8-4-7-2-1-3-10(4)9-5/h1-3H.